The molecule has 4 N–H and O–H groups in total. The quantitative estimate of drug-likeness (QED) is 0.329. The molecule has 0 bridgehead atoms. The maximum atomic E-state index is 13.8. The van der Waals surface area contributed by atoms with E-state index in [-0.39, 0.29) is 18.0 Å². The Kier molecular flexibility index (Phi) is 7.81. The van der Waals surface area contributed by atoms with Gasteiger partial charge in [-0.1, -0.05) is 37.1 Å². The largest absolute Gasteiger partial charge is 0.497 e. The van der Waals surface area contributed by atoms with E-state index < -0.39 is 6.09 Å². The van der Waals surface area contributed by atoms with Crippen LogP contribution in [0.5, 0.6) is 5.75 Å². The molecule has 3 aromatic rings. The summed E-state index contributed by atoms with van der Waals surface area (Å²) >= 11 is 0. The van der Waals surface area contributed by atoms with E-state index in [2.05, 4.69) is 16.0 Å². The smallest absolute Gasteiger partial charge is 0.404 e. The summed E-state index contributed by atoms with van der Waals surface area (Å²) in [5, 5.41) is 18.7. The second kappa shape index (κ2) is 11.6. The third-order valence-electron chi connectivity index (χ3n) is 7.31. The number of fused-ring (bicyclic) bond motifs is 1. The fourth-order valence-corrected chi connectivity index (χ4v) is 5.33. The highest BCUT2D eigenvalue weighted by atomic mass is 16.5. The highest BCUT2D eigenvalue weighted by Crippen LogP contribution is 2.30. The number of nitrogens with one attached hydrogen (secondary N) is 3. The zero-order valence-corrected chi connectivity index (χ0v) is 22.2. The number of carboxylic acid groups (broad SMARTS) is 1. The van der Waals surface area contributed by atoms with Crippen LogP contribution in [0.4, 0.5) is 22.2 Å². The molecule has 10 heteroatoms. The average molecular weight is 531 g/mol. The summed E-state index contributed by atoms with van der Waals surface area (Å²) in [6.07, 6.45) is 3.06. The minimum atomic E-state index is -1.04. The topological polar surface area (TPSA) is 129 Å². The molecule has 0 spiro atoms. The number of amides is 2. The molecule has 1 fully saturated rings. The summed E-state index contributed by atoms with van der Waals surface area (Å²) < 4.78 is 5.25. The van der Waals surface area contributed by atoms with E-state index in [4.69, 9.17) is 14.7 Å². The summed E-state index contributed by atoms with van der Waals surface area (Å²) in [6.45, 7) is 3.01. The Labute approximate surface area is 227 Å². The van der Waals surface area contributed by atoms with E-state index >= 15 is 0 Å². The zero-order valence-electron chi connectivity index (χ0n) is 22.2. The van der Waals surface area contributed by atoms with Crippen molar-refractivity contribution in [3.63, 3.8) is 0 Å². The predicted molar refractivity (Wildman–Crippen MR) is 149 cm³/mol. The van der Waals surface area contributed by atoms with Crippen LogP contribution in [-0.4, -0.2) is 57.7 Å². The van der Waals surface area contributed by atoms with Gasteiger partial charge in [0.1, 0.15) is 17.1 Å². The number of anilines is 3. The molecule has 204 valence electrons. The highest BCUT2D eigenvalue weighted by molar-refractivity contribution is 6.01. The van der Waals surface area contributed by atoms with Crippen LogP contribution in [0.2, 0.25) is 0 Å². The van der Waals surface area contributed by atoms with Crippen molar-refractivity contribution in [3.05, 3.63) is 70.9 Å². The first kappa shape index (κ1) is 26.3. The molecule has 1 aliphatic carbocycles. The van der Waals surface area contributed by atoms with Crippen molar-refractivity contribution in [3.8, 4) is 5.75 Å². The lowest BCUT2D eigenvalue weighted by Gasteiger charge is -2.33. The lowest BCUT2D eigenvalue weighted by atomic mass is 9.90. The molecule has 5 rings (SSSR count). The number of carbonyl (C=O) groups excluding carboxylic acids is 1. The van der Waals surface area contributed by atoms with Gasteiger partial charge >= 0.3 is 6.09 Å². The minimum Gasteiger partial charge on any atom is -0.497 e. The van der Waals surface area contributed by atoms with Crippen LogP contribution in [0.25, 0.3) is 0 Å². The number of hydrogen-bond donors (Lipinski definition) is 4. The molecule has 1 aliphatic heterocycles. The van der Waals surface area contributed by atoms with Crippen molar-refractivity contribution in [2.75, 3.05) is 24.3 Å². The number of benzene rings is 2. The molecule has 2 aliphatic rings. The molecule has 2 amide bonds. The van der Waals surface area contributed by atoms with Gasteiger partial charge in [-0.05, 0) is 55.2 Å². The molecular formula is C29H34N6O4. The molecular weight excluding hydrogens is 496 g/mol. The fraction of sp³-hybridized carbons (Fsp3) is 0.379. The van der Waals surface area contributed by atoms with E-state index in [1.807, 2.05) is 60.4 Å². The molecule has 2 aromatic carbocycles. The number of hydrogen-bond acceptors (Lipinski definition) is 7. The molecule has 39 heavy (non-hydrogen) atoms. The van der Waals surface area contributed by atoms with E-state index in [1.165, 1.54) is 0 Å². The minimum absolute atomic E-state index is 0.128. The van der Waals surface area contributed by atoms with Crippen LogP contribution in [0.3, 0.4) is 0 Å². The van der Waals surface area contributed by atoms with Crippen LogP contribution in [0, 0.1) is 6.92 Å². The van der Waals surface area contributed by atoms with E-state index in [1.54, 1.807) is 7.11 Å². The highest BCUT2D eigenvalue weighted by Gasteiger charge is 2.32. The summed E-state index contributed by atoms with van der Waals surface area (Å²) in [6, 6.07) is 15.2. The summed E-state index contributed by atoms with van der Waals surface area (Å²) in [5.41, 5.74) is 4.06. The standard InChI is InChI=1S/C29H34N6O4/c1-18-6-5-7-20(16-18)30-26-25-24(14-15-35(27(25)36)17-19-10-12-21(39-2)13-11-19)32-28(34-26)31-22-8-3-4-9-23(22)33-29(37)38/h5-7,10-13,16,22-23,33H,3-4,8-9,14-15,17H2,1-2H3,(H,37,38)(H2,30,31,32,34)/t22-,23+/m1/s1. The summed E-state index contributed by atoms with van der Waals surface area (Å²) in [4.78, 5) is 36.5. The number of methoxy groups -OCH3 is 1. The van der Waals surface area contributed by atoms with Crippen molar-refractivity contribution in [1.82, 2.24) is 20.2 Å². The van der Waals surface area contributed by atoms with Gasteiger partial charge in [0.15, 0.2) is 0 Å². The van der Waals surface area contributed by atoms with Crippen molar-refractivity contribution < 1.29 is 19.4 Å². The molecule has 10 nitrogen and oxygen atoms in total. The van der Waals surface area contributed by atoms with Crippen molar-refractivity contribution in [1.29, 1.82) is 0 Å². The maximum absolute atomic E-state index is 13.8. The third-order valence-corrected chi connectivity index (χ3v) is 7.31. The summed E-state index contributed by atoms with van der Waals surface area (Å²) in [5.74, 6) is 1.48. The number of ether oxygens (including phenoxy) is 1. The van der Waals surface area contributed by atoms with Crippen molar-refractivity contribution in [2.24, 2.45) is 0 Å². The first-order chi connectivity index (χ1) is 18.9. The van der Waals surface area contributed by atoms with Gasteiger partial charge in [-0.2, -0.15) is 4.98 Å². The Morgan fingerprint density at radius 1 is 1.10 bits per heavy atom. The van der Waals surface area contributed by atoms with Gasteiger partial charge in [0.2, 0.25) is 5.95 Å². The second-order valence-corrected chi connectivity index (χ2v) is 10.1. The number of carbonyl (C=O) groups is 2. The van der Waals surface area contributed by atoms with Crippen LogP contribution in [0.1, 0.15) is 52.9 Å². The van der Waals surface area contributed by atoms with E-state index in [0.717, 1.165) is 48.2 Å². The Morgan fingerprint density at radius 3 is 2.59 bits per heavy atom. The fourth-order valence-electron chi connectivity index (χ4n) is 5.33. The normalized spacial score (nSPS) is 18.7. The number of rotatable bonds is 8. The first-order valence-corrected chi connectivity index (χ1v) is 13.3. The second-order valence-electron chi connectivity index (χ2n) is 10.1. The molecule has 2 heterocycles. The van der Waals surface area contributed by atoms with Gasteiger partial charge in [0.05, 0.1) is 18.8 Å². The van der Waals surface area contributed by atoms with Crippen LogP contribution >= 0.6 is 0 Å². The Morgan fingerprint density at radius 2 is 1.87 bits per heavy atom. The van der Waals surface area contributed by atoms with Crippen LogP contribution in [0.15, 0.2) is 48.5 Å². The average Bonchev–Trinajstić information content (AvgIpc) is 2.91. The van der Waals surface area contributed by atoms with Gasteiger partial charge < -0.3 is 30.7 Å². The third kappa shape index (κ3) is 6.22. The molecule has 0 saturated heterocycles. The van der Waals surface area contributed by atoms with Crippen LogP contribution in [-0.2, 0) is 13.0 Å². The zero-order chi connectivity index (χ0) is 27.4. The molecule has 1 aromatic heterocycles. The molecule has 1 saturated carbocycles. The van der Waals surface area contributed by atoms with Gasteiger partial charge in [-0.15, -0.1) is 0 Å². The van der Waals surface area contributed by atoms with Crippen LogP contribution < -0.4 is 20.7 Å². The maximum Gasteiger partial charge on any atom is 0.404 e. The monoisotopic (exact) mass is 530 g/mol. The van der Waals surface area contributed by atoms with E-state index in [0.29, 0.717) is 42.5 Å². The Bertz CT molecular complexity index is 1350. The van der Waals surface area contributed by atoms with E-state index in [9.17, 15) is 14.7 Å². The van der Waals surface area contributed by atoms with Crippen molar-refractivity contribution in [2.45, 2.75) is 57.7 Å². The van der Waals surface area contributed by atoms with Crippen molar-refractivity contribution >= 4 is 29.5 Å². The Balaban J connectivity index is 1.45. The Hall–Kier alpha value is -4.34. The van der Waals surface area contributed by atoms with Gasteiger partial charge in [-0.25, -0.2) is 9.78 Å². The lowest BCUT2D eigenvalue weighted by molar-refractivity contribution is 0.0726. The summed E-state index contributed by atoms with van der Waals surface area (Å²) in [7, 11) is 1.63. The number of aromatic nitrogens is 2. The van der Waals surface area contributed by atoms with Gasteiger partial charge in [0, 0.05) is 31.2 Å². The predicted octanol–water partition coefficient (Wildman–Crippen LogP) is 4.73. The first-order valence-electron chi connectivity index (χ1n) is 13.3. The number of nitrogens with zero attached hydrogens (tertiary/aromatic N) is 3. The molecule has 0 radical (unpaired) electrons. The van der Waals surface area contributed by atoms with Gasteiger partial charge in [-0.3, -0.25) is 4.79 Å². The lowest BCUT2D eigenvalue weighted by Crippen LogP contribution is -2.48. The number of aryl methyl sites for hydroxylation is 1. The van der Waals surface area contributed by atoms with Gasteiger partial charge in [0.25, 0.3) is 5.91 Å². The molecule has 0 unspecified atom stereocenters. The molecule has 2 atom stereocenters. The SMILES string of the molecule is COc1ccc(CN2CCc3nc(N[C@@H]4CCCC[C@@H]4NC(=O)O)nc(Nc4cccc(C)c4)c3C2=O)cc1.